The number of hydrogen-bond acceptors (Lipinski definition) is 3. The van der Waals surface area contributed by atoms with Gasteiger partial charge >= 0.3 is 0 Å². The average Bonchev–Trinajstić information content (AvgIpc) is 3.13. The summed E-state index contributed by atoms with van der Waals surface area (Å²) >= 11 is 3.46. The van der Waals surface area contributed by atoms with Crippen LogP contribution in [0.15, 0.2) is 35.1 Å². The number of hydrogen-bond donors (Lipinski definition) is 1. The number of rotatable bonds is 4. The Labute approximate surface area is 125 Å². The molecule has 5 nitrogen and oxygen atoms in total. The van der Waals surface area contributed by atoms with Crippen LogP contribution in [0.1, 0.15) is 23.7 Å². The minimum atomic E-state index is 0.0810. The van der Waals surface area contributed by atoms with E-state index in [2.05, 4.69) is 43.6 Å². The molecule has 2 atom stereocenters. The lowest BCUT2D eigenvalue weighted by atomic mass is 10.1. The maximum atomic E-state index is 12.1. The van der Waals surface area contributed by atoms with E-state index in [4.69, 9.17) is 0 Å². The SMILES string of the molecule is Cn1cnnc1CNC(=O)[C@@H]1C[C@@H]1c1cccc(Br)c1. The van der Waals surface area contributed by atoms with Crippen molar-refractivity contribution < 1.29 is 4.79 Å². The van der Waals surface area contributed by atoms with Crippen LogP contribution in [0.25, 0.3) is 0 Å². The number of halogens is 1. The van der Waals surface area contributed by atoms with E-state index in [1.54, 1.807) is 10.9 Å². The average molecular weight is 335 g/mol. The maximum Gasteiger partial charge on any atom is 0.224 e. The summed E-state index contributed by atoms with van der Waals surface area (Å²) in [4.78, 5) is 12.1. The predicted molar refractivity (Wildman–Crippen MR) is 77.8 cm³/mol. The van der Waals surface area contributed by atoms with Crippen LogP contribution in [-0.2, 0) is 18.4 Å². The number of amides is 1. The molecule has 1 amide bonds. The number of carbonyl (C=O) groups excluding carboxylic acids is 1. The van der Waals surface area contributed by atoms with Crippen molar-refractivity contribution in [2.45, 2.75) is 18.9 Å². The van der Waals surface area contributed by atoms with Gasteiger partial charge in [0.25, 0.3) is 0 Å². The van der Waals surface area contributed by atoms with E-state index in [0.717, 1.165) is 16.7 Å². The van der Waals surface area contributed by atoms with Crippen LogP contribution in [0.2, 0.25) is 0 Å². The lowest BCUT2D eigenvalue weighted by Crippen LogP contribution is -2.26. The van der Waals surface area contributed by atoms with Crippen LogP contribution in [0.4, 0.5) is 0 Å². The Balaban J connectivity index is 1.56. The first-order chi connectivity index (χ1) is 9.65. The molecule has 104 valence electrons. The van der Waals surface area contributed by atoms with Gasteiger partial charge in [0.1, 0.15) is 6.33 Å². The number of carbonyl (C=O) groups is 1. The van der Waals surface area contributed by atoms with Gasteiger partial charge in [-0.15, -0.1) is 10.2 Å². The fourth-order valence-electron chi connectivity index (χ4n) is 2.35. The van der Waals surface area contributed by atoms with Crippen molar-refractivity contribution in [1.29, 1.82) is 0 Å². The highest BCUT2D eigenvalue weighted by Gasteiger charge is 2.43. The standard InChI is InChI=1S/C14H15BrN4O/c1-19-8-17-18-13(19)7-16-14(20)12-6-11(12)9-3-2-4-10(15)5-9/h2-5,8,11-12H,6-7H2,1H3,(H,16,20)/t11-,12-/m1/s1. The molecule has 1 heterocycles. The molecule has 0 radical (unpaired) electrons. The Morgan fingerprint density at radius 3 is 3.10 bits per heavy atom. The highest BCUT2D eigenvalue weighted by Crippen LogP contribution is 2.47. The molecule has 1 aliphatic rings. The van der Waals surface area contributed by atoms with Gasteiger partial charge in [0.15, 0.2) is 5.82 Å². The van der Waals surface area contributed by atoms with Gasteiger partial charge in [-0.1, -0.05) is 28.1 Å². The van der Waals surface area contributed by atoms with Gasteiger partial charge in [-0.05, 0) is 30.0 Å². The van der Waals surface area contributed by atoms with Crippen molar-refractivity contribution in [3.8, 4) is 0 Å². The number of aromatic nitrogens is 3. The molecule has 3 rings (SSSR count). The van der Waals surface area contributed by atoms with Crippen LogP contribution >= 0.6 is 15.9 Å². The van der Waals surface area contributed by atoms with Gasteiger partial charge in [-0.3, -0.25) is 4.79 Å². The molecule has 0 bridgehead atoms. The second-order valence-corrected chi connectivity index (χ2v) is 6.00. The summed E-state index contributed by atoms with van der Waals surface area (Å²) in [6.07, 6.45) is 2.55. The summed E-state index contributed by atoms with van der Waals surface area (Å²) in [5.74, 6) is 1.28. The second-order valence-electron chi connectivity index (χ2n) is 5.08. The minimum absolute atomic E-state index is 0.0810. The molecule has 1 fully saturated rings. The van der Waals surface area contributed by atoms with E-state index < -0.39 is 0 Å². The summed E-state index contributed by atoms with van der Waals surface area (Å²) in [5, 5.41) is 10.7. The largest absolute Gasteiger partial charge is 0.349 e. The van der Waals surface area contributed by atoms with Crippen molar-refractivity contribution in [1.82, 2.24) is 20.1 Å². The van der Waals surface area contributed by atoms with Crippen molar-refractivity contribution in [3.63, 3.8) is 0 Å². The Morgan fingerprint density at radius 1 is 1.55 bits per heavy atom. The zero-order chi connectivity index (χ0) is 14.1. The van der Waals surface area contributed by atoms with E-state index in [9.17, 15) is 4.79 Å². The van der Waals surface area contributed by atoms with E-state index in [1.165, 1.54) is 5.56 Å². The lowest BCUT2D eigenvalue weighted by molar-refractivity contribution is -0.122. The van der Waals surface area contributed by atoms with E-state index >= 15 is 0 Å². The van der Waals surface area contributed by atoms with Crippen LogP contribution in [0.3, 0.4) is 0 Å². The molecule has 1 N–H and O–H groups in total. The third kappa shape index (κ3) is 2.75. The number of aryl methyl sites for hydroxylation is 1. The molecule has 1 aromatic carbocycles. The first-order valence-electron chi connectivity index (χ1n) is 6.51. The summed E-state index contributed by atoms with van der Waals surface area (Å²) < 4.78 is 2.86. The van der Waals surface area contributed by atoms with E-state index in [0.29, 0.717) is 12.5 Å². The molecule has 0 saturated heterocycles. The van der Waals surface area contributed by atoms with Gasteiger partial charge in [0.2, 0.25) is 5.91 Å². The first kappa shape index (κ1) is 13.3. The topological polar surface area (TPSA) is 59.8 Å². The predicted octanol–water partition coefficient (Wildman–Crippen LogP) is 2.00. The van der Waals surface area contributed by atoms with Gasteiger partial charge in [0, 0.05) is 17.4 Å². The zero-order valence-electron chi connectivity index (χ0n) is 11.1. The Bertz CT molecular complexity index is 640. The number of nitrogens with one attached hydrogen (secondary N) is 1. The molecule has 6 heteroatoms. The van der Waals surface area contributed by atoms with Crippen LogP contribution < -0.4 is 5.32 Å². The van der Waals surface area contributed by atoms with Gasteiger partial charge in [-0.25, -0.2) is 0 Å². The smallest absolute Gasteiger partial charge is 0.224 e. The second kappa shape index (κ2) is 5.36. The van der Waals surface area contributed by atoms with Gasteiger partial charge in [-0.2, -0.15) is 0 Å². The molecule has 0 unspecified atom stereocenters. The fourth-order valence-corrected chi connectivity index (χ4v) is 2.77. The zero-order valence-corrected chi connectivity index (χ0v) is 12.7. The normalized spacial score (nSPS) is 20.7. The number of benzene rings is 1. The first-order valence-corrected chi connectivity index (χ1v) is 7.30. The van der Waals surface area contributed by atoms with Crippen LogP contribution in [0.5, 0.6) is 0 Å². The molecule has 0 spiro atoms. The summed E-state index contributed by atoms with van der Waals surface area (Å²) in [6.45, 7) is 0.428. The summed E-state index contributed by atoms with van der Waals surface area (Å²) in [5.41, 5.74) is 1.22. The van der Waals surface area contributed by atoms with Crippen molar-refractivity contribution in [2.24, 2.45) is 13.0 Å². The monoisotopic (exact) mass is 334 g/mol. The maximum absolute atomic E-state index is 12.1. The van der Waals surface area contributed by atoms with Crippen LogP contribution in [0, 0.1) is 5.92 Å². The lowest BCUT2D eigenvalue weighted by Gasteiger charge is -2.05. The fraction of sp³-hybridized carbons (Fsp3) is 0.357. The minimum Gasteiger partial charge on any atom is -0.349 e. The van der Waals surface area contributed by atoms with Gasteiger partial charge < -0.3 is 9.88 Å². The molecule has 1 saturated carbocycles. The molecule has 20 heavy (non-hydrogen) atoms. The van der Waals surface area contributed by atoms with Crippen molar-refractivity contribution in [2.75, 3.05) is 0 Å². The Morgan fingerprint density at radius 2 is 2.40 bits per heavy atom. The van der Waals surface area contributed by atoms with E-state index in [1.807, 2.05) is 19.2 Å². The third-order valence-corrected chi connectivity index (χ3v) is 4.12. The summed E-state index contributed by atoms with van der Waals surface area (Å²) in [6, 6.07) is 8.16. The molecular weight excluding hydrogens is 320 g/mol. The van der Waals surface area contributed by atoms with Crippen molar-refractivity contribution in [3.05, 3.63) is 46.5 Å². The molecular formula is C14H15BrN4O. The molecule has 2 aromatic rings. The third-order valence-electron chi connectivity index (χ3n) is 3.63. The Kier molecular flexibility index (Phi) is 3.56. The highest BCUT2D eigenvalue weighted by atomic mass is 79.9. The van der Waals surface area contributed by atoms with Gasteiger partial charge in [0.05, 0.1) is 6.54 Å². The van der Waals surface area contributed by atoms with Crippen molar-refractivity contribution >= 4 is 21.8 Å². The quantitative estimate of drug-likeness (QED) is 0.930. The molecule has 1 aliphatic carbocycles. The number of nitrogens with zero attached hydrogens (tertiary/aromatic N) is 3. The summed E-state index contributed by atoms with van der Waals surface area (Å²) in [7, 11) is 1.86. The van der Waals surface area contributed by atoms with Crippen LogP contribution in [-0.4, -0.2) is 20.7 Å². The Hall–Kier alpha value is -1.69. The highest BCUT2D eigenvalue weighted by molar-refractivity contribution is 9.10. The van der Waals surface area contributed by atoms with E-state index in [-0.39, 0.29) is 11.8 Å². The molecule has 0 aliphatic heterocycles. The molecule has 1 aromatic heterocycles.